The van der Waals surface area contributed by atoms with Gasteiger partial charge in [-0.05, 0) is 37.3 Å². The van der Waals surface area contributed by atoms with Crippen molar-refractivity contribution in [2.45, 2.75) is 20.1 Å². The first-order chi connectivity index (χ1) is 13.6. The maximum absolute atomic E-state index is 12.6. The molecule has 0 radical (unpaired) electrons. The van der Waals surface area contributed by atoms with Crippen LogP contribution in [0.3, 0.4) is 0 Å². The van der Waals surface area contributed by atoms with Gasteiger partial charge in [0.25, 0.3) is 5.91 Å². The highest BCUT2D eigenvalue weighted by atomic mass is 32.1. The number of imidazole rings is 1. The van der Waals surface area contributed by atoms with Crippen molar-refractivity contribution in [3.05, 3.63) is 71.3 Å². The molecule has 8 heteroatoms. The van der Waals surface area contributed by atoms with Crippen molar-refractivity contribution in [3.63, 3.8) is 0 Å². The summed E-state index contributed by atoms with van der Waals surface area (Å²) in [5.74, 6) is 1.24. The molecule has 142 valence electrons. The van der Waals surface area contributed by atoms with Gasteiger partial charge >= 0.3 is 0 Å². The molecule has 0 fully saturated rings. The molecule has 4 aromatic rings. The summed E-state index contributed by atoms with van der Waals surface area (Å²) < 4.78 is 16.1. The van der Waals surface area contributed by atoms with Gasteiger partial charge in [-0.25, -0.2) is 4.98 Å². The number of hydrogen-bond donors (Lipinski definition) is 1. The lowest BCUT2D eigenvalue weighted by atomic mass is 10.2. The summed E-state index contributed by atoms with van der Waals surface area (Å²) >= 11 is 1.16. The minimum atomic E-state index is -0.177. The standard InChI is InChI=1S/C20H19N5O2S/c1-13-17(24-28-23-13)12-27-15-7-5-6-14(10-15)20(26)21-11-19-22-16-8-3-4-9-18(16)25(19)2/h3-10H,11-12H2,1-2H3,(H,21,26). The van der Waals surface area contributed by atoms with Crippen molar-refractivity contribution < 1.29 is 9.53 Å². The second kappa shape index (κ2) is 7.77. The SMILES string of the molecule is Cc1nsnc1COc1cccc(C(=O)NCc2nc3ccccc3n2C)c1. The number of fused-ring (bicyclic) bond motifs is 1. The Morgan fingerprint density at radius 1 is 1.18 bits per heavy atom. The Morgan fingerprint density at radius 3 is 2.82 bits per heavy atom. The van der Waals surface area contributed by atoms with Gasteiger partial charge in [-0.3, -0.25) is 4.79 Å². The number of amides is 1. The average molecular weight is 393 g/mol. The van der Waals surface area contributed by atoms with Gasteiger partial charge in [0.05, 0.1) is 35.0 Å². The molecule has 0 aliphatic heterocycles. The number of rotatable bonds is 6. The van der Waals surface area contributed by atoms with E-state index in [0.717, 1.165) is 40.0 Å². The van der Waals surface area contributed by atoms with Crippen molar-refractivity contribution in [2.24, 2.45) is 7.05 Å². The summed E-state index contributed by atoms with van der Waals surface area (Å²) in [5, 5.41) is 2.92. The zero-order chi connectivity index (χ0) is 19.5. The van der Waals surface area contributed by atoms with Gasteiger partial charge in [0.1, 0.15) is 23.9 Å². The van der Waals surface area contributed by atoms with Crippen molar-refractivity contribution in [2.75, 3.05) is 0 Å². The highest BCUT2D eigenvalue weighted by Gasteiger charge is 2.11. The molecule has 0 unspecified atom stereocenters. The number of hydrogen-bond acceptors (Lipinski definition) is 6. The van der Waals surface area contributed by atoms with Gasteiger partial charge in [0.15, 0.2) is 0 Å². The first kappa shape index (κ1) is 18.1. The van der Waals surface area contributed by atoms with Gasteiger partial charge in [-0.15, -0.1) is 0 Å². The Labute approximate surface area is 166 Å². The maximum Gasteiger partial charge on any atom is 0.251 e. The lowest BCUT2D eigenvalue weighted by Crippen LogP contribution is -2.24. The van der Waals surface area contributed by atoms with Crippen molar-refractivity contribution in [1.82, 2.24) is 23.6 Å². The van der Waals surface area contributed by atoms with Crippen LogP contribution in [-0.2, 0) is 20.2 Å². The number of aromatic nitrogens is 4. The normalized spacial score (nSPS) is 10.9. The van der Waals surface area contributed by atoms with Crippen molar-refractivity contribution in [1.29, 1.82) is 0 Å². The number of carbonyl (C=O) groups is 1. The number of nitrogens with zero attached hydrogens (tertiary/aromatic N) is 4. The molecule has 0 saturated heterocycles. The monoisotopic (exact) mass is 393 g/mol. The van der Waals surface area contributed by atoms with Crippen LogP contribution in [0.5, 0.6) is 5.75 Å². The minimum Gasteiger partial charge on any atom is -0.487 e. The van der Waals surface area contributed by atoms with E-state index < -0.39 is 0 Å². The molecule has 2 aromatic heterocycles. The quantitative estimate of drug-likeness (QED) is 0.544. The van der Waals surface area contributed by atoms with Crippen LogP contribution < -0.4 is 10.1 Å². The van der Waals surface area contributed by atoms with Crippen molar-refractivity contribution >= 4 is 28.7 Å². The third-order valence-electron chi connectivity index (χ3n) is 4.51. The summed E-state index contributed by atoms with van der Waals surface area (Å²) in [4.78, 5) is 17.1. The number of benzene rings is 2. The fourth-order valence-corrected chi connectivity index (χ4v) is 3.43. The van der Waals surface area contributed by atoms with E-state index in [9.17, 15) is 4.79 Å². The molecule has 2 aromatic carbocycles. The van der Waals surface area contributed by atoms with Crippen LogP contribution in [0.4, 0.5) is 0 Å². The van der Waals surface area contributed by atoms with Crippen LogP contribution in [0.25, 0.3) is 11.0 Å². The Kier molecular flexibility index (Phi) is 5.03. The summed E-state index contributed by atoms with van der Waals surface area (Å²) in [7, 11) is 1.95. The second-order valence-corrected chi connectivity index (χ2v) is 6.90. The van der Waals surface area contributed by atoms with E-state index in [0.29, 0.717) is 24.5 Å². The lowest BCUT2D eigenvalue weighted by Gasteiger charge is -2.08. The van der Waals surface area contributed by atoms with Gasteiger partial charge in [0, 0.05) is 12.6 Å². The highest BCUT2D eigenvalue weighted by molar-refractivity contribution is 6.99. The van der Waals surface area contributed by atoms with Gasteiger partial charge < -0.3 is 14.6 Å². The van der Waals surface area contributed by atoms with Crippen LogP contribution in [0.1, 0.15) is 27.6 Å². The van der Waals surface area contributed by atoms with Crippen LogP contribution in [0.15, 0.2) is 48.5 Å². The summed E-state index contributed by atoms with van der Waals surface area (Å²) in [6.07, 6.45) is 0. The molecule has 0 aliphatic rings. The summed E-state index contributed by atoms with van der Waals surface area (Å²) in [6.45, 7) is 2.57. The molecular weight excluding hydrogens is 374 g/mol. The van der Waals surface area contributed by atoms with Crippen LogP contribution >= 0.6 is 11.7 Å². The van der Waals surface area contributed by atoms with E-state index in [1.807, 2.05) is 48.9 Å². The van der Waals surface area contributed by atoms with Crippen LogP contribution in [0, 0.1) is 6.92 Å². The summed E-state index contributed by atoms with van der Waals surface area (Å²) in [6, 6.07) is 15.0. The fraction of sp³-hybridized carbons (Fsp3) is 0.200. The number of nitrogens with one attached hydrogen (secondary N) is 1. The zero-order valence-electron chi connectivity index (χ0n) is 15.5. The molecular formula is C20H19N5O2S. The Morgan fingerprint density at radius 2 is 2.04 bits per heavy atom. The number of para-hydroxylation sites is 2. The van der Waals surface area contributed by atoms with Gasteiger partial charge in [0.2, 0.25) is 0 Å². The summed E-state index contributed by atoms with van der Waals surface area (Å²) in [5.41, 5.74) is 4.15. The molecule has 0 aliphatic carbocycles. The molecule has 28 heavy (non-hydrogen) atoms. The third kappa shape index (κ3) is 3.72. The topological polar surface area (TPSA) is 81.9 Å². The molecule has 4 rings (SSSR count). The molecule has 7 nitrogen and oxygen atoms in total. The zero-order valence-corrected chi connectivity index (χ0v) is 16.4. The van der Waals surface area contributed by atoms with E-state index in [1.54, 1.807) is 18.2 Å². The Balaban J connectivity index is 1.41. The molecule has 1 amide bonds. The van der Waals surface area contributed by atoms with E-state index >= 15 is 0 Å². The first-order valence-corrected chi connectivity index (χ1v) is 9.54. The number of carbonyl (C=O) groups excluding carboxylic acids is 1. The van der Waals surface area contributed by atoms with Gasteiger partial charge in [-0.2, -0.15) is 8.75 Å². The Hall–Kier alpha value is -3.26. The number of aryl methyl sites for hydroxylation is 2. The van der Waals surface area contributed by atoms with Crippen LogP contribution in [-0.4, -0.2) is 24.2 Å². The van der Waals surface area contributed by atoms with E-state index in [4.69, 9.17) is 4.74 Å². The third-order valence-corrected chi connectivity index (χ3v) is 5.16. The molecule has 2 heterocycles. The van der Waals surface area contributed by atoms with E-state index in [-0.39, 0.29) is 5.91 Å². The van der Waals surface area contributed by atoms with E-state index in [2.05, 4.69) is 19.0 Å². The molecule has 1 N–H and O–H groups in total. The lowest BCUT2D eigenvalue weighted by molar-refractivity contribution is 0.0949. The second-order valence-electron chi connectivity index (χ2n) is 6.37. The molecule has 0 spiro atoms. The Bertz CT molecular complexity index is 1130. The number of ether oxygens (including phenoxy) is 1. The predicted octanol–water partition coefficient (Wildman–Crippen LogP) is 3.24. The maximum atomic E-state index is 12.6. The fourth-order valence-electron chi connectivity index (χ4n) is 2.87. The molecule has 0 saturated carbocycles. The predicted molar refractivity (Wildman–Crippen MR) is 107 cm³/mol. The molecule has 0 bridgehead atoms. The first-order valence-electron chi connectivity index (χ1n) is 8.81. The average Bonchev–Trinajstić information content (AvgIpc) is 3.28. The smallest absolute Gasteiger partial charge is 0.251 e. The van der Waals surface area contributed by atoms with Crippen LogP contribution in [0.2, 0.25) is 0 Å². The van der Waals surface area contributed by atoms with E-state index in [1.165, 1.54) is 0 Å². The minimum absolute atomic E-state index is 0.177. The largest absolute Gasteiger partial charge is 0.487 e. The highest BCUT2D eigenvalue weighted by Crippen LogP contribution is 2.17. The van der Waals surface area contributed by atoms with Crippen molar-refractivity contribution in [3.8, 4) is 5.75 Å². The van der Waals surface area contributed by atoms with Gasteiger partial charge in [-0.1, -0.05) is 18.2 Å². The molecule has 0 atom stereocenters.